The molecule has 6 nitrogen and oxygen atoms in total. The first-order valence-corrected chi connectivity index (χ1v) is 9.80. The number of hydrogen-bond acceptors (Lipinski definition) is 4. The number of carbonyl (C=O) groups excluding carboxylic acids is 1. The highest BCUT2D eigenvalue weighted by Crippen LogP contribution is 2.19. The molecule has 2 rings (SSSR count). The van der Waals surface area contributed by atoms with Gasteiger partial charge in [0.2, 0.25) is 15.9 Å². The number of ether oxygens (including phenoxy) is 1. The van der Waals surface area contributed by atoms with Gasteiger partial charge in [0.25, 0.3) is 0 Å². The number of sulfonamides is 1. The second kappa shape index (κ2) is 8.33. The van der Waals surface area contributed by atoms with Crippen LogP contribution in [0.5, 0.6) is 5.75 Å². The molecule has 0 aliphatic carbocycles. The Labute approximate surface area is 154 Å². The van der Waals surface area contributed by atoms with Gasteiger partial charge in [-0.1, -0.05) is 18.2 Å². The lowest BCUT2D eigenvalue weighted by Crippen LogP contribution is -2.33. The van der Waals surface area contributed by atoms with E-state index >= 15 is 0 Å². The number of benzene rings is 2. The van der Waals surface area contributed by atoms with Crippen LogP contribution in [0.3, 0.4) is 0 Å². The largest absolute Gasteiger partial charge is 0.491 e. The van der Waals surface area contributed by atoms with Gasteiger partial charge in [-0.15, -0.1) is 0 Å². The first-order chi connectivity index (χ1) is 12.2. The standard InChI is InChI=1S/C19H24N2O4S/c1-13(2)25-16-8-10-17(11-9-16)26(23,24)20-12-18(22)21-19-14(3)6-5-7-15(19)4/h5-11,13,20H,12H2,1-4H3,(H,21,22). The molecular formula is C19H24N2O4S. The summed E-state index contributed by atoms with van der Waals surface area (Å²) in [5.41, 5.74) is 2.54. The fourth-order valence-electron chi connectivity index (χ4n) is 2.41. The van der Waals surface area contributed by atoms with Crippen molar-refractivity contribution in [2.24, 2.45) is 0 Å². The molecule has 26 heavy (non-hydrogen) atoms. The lowest BCUT2D eigenvalue weighted by atomic mass is 10.1. The third kappa shape index (κ3) is 5.31. The summed E-state index contributed by atoms with van der Waals surface area (Å²) in [5.74, 6) is 0.164. The van der Waals surface area contributed by atoms with Gasteiger partial charge in [0.05, 0.1) is 17.5 Å². The highest BCUT2D eigenvalue weighted by atomic mass is 32.2. The van der Waals surface area contributed by atoms with E-state index in [4.69, 9.17) is 4.74 Å². The number of para-hydroxylation sites is 1. The summed E-state index contributed by atoms with van der Waals surface area (Å²) in [7, 11) is -3.78. The van der Waals surface area contributed by atoms with E-state index in [1.165, 1.54) is 12.1 Å². The third-order valence-electron chi connectivity index (χ3n) is 3.67. The van der Waals surface area contributed by atoms with Crippen molar-refractivity contribution in [1.29, 1.82) is 0 Å². The summed E-state index contributed by atoms with van der Waals surface area (Å²) in [6, 6.07) is 11.7. The van der Waals surface area contributed by atoms with Crippen molar-refractivity contribution in [3.8, 4) is 5.75 Å². The molecule has 2 aromatic rings. The average molecular weight is 376 g/mol. The van der Waals surface area contributed by atoms with Crippen LogP contribution in [0.1, 0.15) is 25.0 Å². The Kier molecular flexibility index (Phi) is 6.39. The number of anilines is 1. The Bertz CT molecular complexity index is 855. The summed E-state index contributed by atoms with van der Waals surface area (Å²) < 4.78 is 32.5. The van der Waals surface area contributed by atoms with Gasteiger partial charge in [0.15, 0.2) is 0 Å². The SMILES string of the molecule is Cc1cccc(C)c1NC(=O)CNS(=O)(=O)c1ccc(OC(C)C)cc1. The number of nitrogens with one attached hydrogen (secondary N) is 2. The van der Waals surface area contributed by atoms with Gasteiger partial charge in [0, 0.05) is 5.69 Å². The van der Waals surface area contributed by atoms with Crippen LogP contribution in [0.2, 0.25) is 0 Å². The Morgan fingerprint density at radius 1 is 1.04 bits per heavy atom. The number of aryl methyl sites for hydroxylation is 2. The number of amides is 1. The van der Waals surface area contributed by atoms with Crippen molar-refractivity contribution < 1.29 is 17.9 Å². The van der Waals surface area contributed by atoms with Crippen LogP contribution in [-0.4, -0.2) is 27.0 Å². The van der Waals surface area contributed by atoms with E-state index < -0.39 is 15.9 Å². The molecule has 2 N–H and O–H groups in total. The molecule has 0 atom stereocenters. The normalized spacial score (nSPS) is 11.4. The fraction of sp³-hybridized carbons (Fsp3) is 0.316. The minimum atomic E-state index is -3.78. The lowest BCUT2D eigenvalue weighted by molar-refractivity contribution is -0.115. The highest BCUT2D eigenvalue weighted by molar-refractivity contribution is 7.89. The molecule has 0 unspecified atom stereocenters. The van der Waals surface area contributed by atoms with Crippen molar-refractivity contribution in [3.63, 3.8) is 0 Å². The quantitative estimate of drug-likeness (QED) is 0.778. The van der Waals surface area contributed by atoms with Gasteiger partial charge >= 0.3 is 0 Å². The molecule has 7 heteroatoms. The van der Waals surface area contributed by atoms with Crippen molar-refractivity contribution in [3.05, 3.63) is 53.6 Å². The van der Waals surface area contributed by atoms with Crippen LogP contribution in [0.25, 0.3) is 0 Å². The first-order valence-electron chi connectivity index (χ1n) is 8.31. The van der Waals surface area contributed by atoms with E-state index in [1.807, 2.05) is 45.9 Å². The molecule has 0 fully saturated rings. The number of carbonyl (C=O) groups is 1. The Morgan fingerprint density at radius 2 is 1.62 bits per heavy atom. The Hall–Kier alpha value is -2.38. The summed E-state index contributed by atoms with van der Waals surface area (Å²) in [5, 5.41) is 2.75. The monoisotopic (exact) mass is 376 g/mol. The second-order valence-corrected chi connectivity index (χ2v) is 8.04. The zero-order chi connectivity index (χ0) is 19.3. The van der Waals surface area contributed by atoms with E-state index in [0.717, 1.165) is 11.1 Å². The summed E-state index contributed by atoms with van der Waals surface area (Å²) in [6.07, 6.45) is 0.00387. The van der Waals surface area contributed by atoms with E-state index in [1.54, 1.807) is 12.1 Å². The molecule has 0 aromatic heterocycles. The average Bonchev–Trinajstić information content (AvgIpc) is 2.56. The maximum absolute atomic E-state index is 12.3. The van der Waals surface area contributed by atoms with Gasteiger partial charge in [-0.2, -0.15) is 0 Å². The van der Waals surface area contributed by atoms with Crippen molar-refractivity contribution in [2.45, 2.75) is 38.7 Å². The lowest BCUT2D eigenvalue weighted by Gasteiger charge is -2.13. The van der Waals surface area contributed by atoms with Crippen LogP contribution in [0, 0.1) is 13.8 Å². The minimum Gasteiger partial charge on any atom is -0.491 e. The molecule has 2 aromatic carbocycles. The summed E-state index contributed by atoms with van der Waals surface area (Å²) >= 11 is 0. The van der Waals surface area contributed by atoms with Gasteiger partial charge in [-0.3, -0.25) is 4.79 Å². The van der Waals surface area contributed by atoms with Crippen LogP contribution in [-0.2, 0) is 14.8 Å². The van der Waals surface area contributed by atoms with E-state index in [9.17, 15) is 13.2 Å². The molecular weight excluding hydrogens is 352 g/mol. The third-order valence-corrected chi connectivity index (χ3v) is 5.09. The van der Waals surface area contributed by atoms with Gasteiger partial charge in [0.1, 0.15) is 5.75 Å². The van der Waals surface area contributed by atoms with Gasteiger partial charge in [-0.05, 0) is 63.1 Å². The van der Waals surface area contributed by atoms with Crippen molar-refractivity contribution in [1.82, 2.24) is 4.72 Å². The van der Waals surface area contributed by atoms with Crippen LogP contribution >= 0.6 is 0 Å². The molecule has 1 amide bonds. The highest BCUT2D eigenvalue weighted by Gasteiger charge is 2.16. The molecule has 0 saturated carbocycles. The van der Waals surface area contributed by atoms with Gasteiger partial charge < -0.3 is 10.1 Å². The molecule has 0 aliphatic rings. The maximum Gasteiger partial charge on any atom is 0.241 e. The number of rotatable bonds is 7. The number of hydrogen-bond donors (Lipinski definition) is 2. The first kappa shape index (κ1) is 19.9. The maximum atomic E-state index is 12.3. The molecule has 0 aliphatic heterocycles. The van der Waals surface area contributed by atoms with Crippen molar-refractivity contribution >= 4 is 21.6 Å². The van der Waals surface area contributed by atoms with E-state index in [-0.39, 0.29) is 17.5 Å². The minimum absolute atomic E-state index is 0.00387. The summed E-state index contributed by atoms with van der Waals surface area (Å²) in [4.78, 5) is 12.2. The van der Waals surface area contributed by atoms with Crippen molar-refractivity contribution in [2.75, 3.05) is 11.9 Å². The topological polar surface area (TPSA) is 84.5 Å². The van der Waals surface area contributed by atoms with Crippen LogP contribution < -0.4 is 14.8 Å². The summed E-state index contributed by atoms with van der Waals surface area (Å²) in [6.45, 7) is 7.20. The zero-order valence-corrected chi connectivity index (χ0v) is 16.2. The van der Waals surface area contributed by atoms with Crippen LogP contribution in [0.4, 0.5) is 5.69 Å². The van der Waals surface area contributed by atoms with E-state index in [2.05, 4.69) is 10.0 Å². The molecule has 140 valence electrons. The smallest absolute Gasteiger partial charge is 0.241 e. The predicted octanol–water partition coefficient (Wildman–Crippen LogP) is 3.01. The zero-order valence-electron chi connectivity index (χ0n) is 15.4. The fourth-order valence-corrected chi connectivity index (χ4v) is 3.39. The van der Waals surface area contributed by atoms with Crippen LogP contribution in [0.15, 0.2) is 47.4 Å². The Balaban J connectivity index is 2.00. The van der Waals surface area contributed by atoms with Gasteiger partial charge in [-0.25, -0.2) is 13.1 Å². The molecule has 0 heterocycles. The second-order valence-electron chi connectivity index (χ2n) is 6.28. The molecule has 0 radical (unpaired) electrons. The molecule has 0 bridgehead atoms. The molecule has 0 saturated heterocycles. The molecule has 0 spiro atoms. The predicted molar refractivity (Wildman–Crippen MR) is 102 cm³/mol. The Morgan fingerprint density at radius 3 is 2.15 bits per heavy atom. The van der Waals surface area contributed by atoms with E-state index in [0.29, 0.717) is 11.4 Å².